The predicted octanol–water partition coefficient (Wildman–Crippen LogP) is 4.54. The smallest absolute Gasteiger partial charge is 0.263 e. The third-order valence-corrected chi connectivity index (χ3v) is 6.37. The molecular formula is C27H24N8O. The standard InChI is InChI=1S/C27H24N8O/c1-16-6-4-8-20(10-16)35-22(17(2)33-26-24-25(29-14-28-24)30-15-31-26)11-18-7-5-9-21(23(18)27(35)36)19-12-32-34(3)13-19/h4-15,17H,1-3H3,(H2,28,29,30,31,33)/t17-/m0/s1. The van der Waals surface area contributed by atoms with Gasteiger partial charge in [0.2, 0.25) is 0 Å². The Morgan fingerprint density at radius 2 is 1.92 bits per heavy atom. The van der Waals surface area contributed by atoms with Gasteiger partial charge in [-0.15, -0.1) is 0 Å². The van der Waals surface area contributed by atoms with Gasteiger partial charge in [0.1, 0.15) is 11.8 Å². The van der Waals surface area contributed by atoms with E-state index in [0.717, 1.165) is 33.5 Å². The molecule has 1 atom stereocenters. The molecule has 9 nitrogen and oxygen atoms in total. The van der Waals surface area contributed by atoms with Crippen molar-refractivity contribution in [2.24, 2.45) is 7.05 Å². The maximum atomic E-state index is 14.3. The number of aryl methyl sites for hydroxylation is 2. The van der Waals surface area contributed by atoms with Crippen LogP contribution in [0.15, 0.2) is 78.4 Å². The lowest BCUT2D eigenvalue weighted by Crippen LogP contribution is -2.26. The fourth-order valence-electron chi connectivity index (χ4n) is 4.69. The molecule has 0 unspecified atom stereocenters. The Morgan fingerprint density at radius 1 is 1.06 bits per heavy atom. The number of aromatic nitrogens is 7. The molecular weight excluding hydrogens is 452 g/mol. The molecule has 0 aliphatic rings. The molecule has 4 aromatic heterocycles. The molecule has 0 saturated heterocycles. The number of benzene rings is 2. The number of hydrogen-bond donors (Lipinski definition) is 2. The summed E-state index contributed by atoms with van der Waals surface area (Å²) >= 11 is 0. The molecule has 2 aromatic carbocycles. The monoisotopic (exact) mass is 476 g/mol. The summed E-state index contributed by atoms with van der Waals surface area (Å²) in [5.74, 6) is 0.623. The second-order valence-electron chi connectivity index (χ2n) is 8.91. The van der Waals surface area contributed by atoms with Crippen LogP contribution in [0.3, 0.4) is 0 Å². The molecule has 178 valence electrons. The molecule has 0 aliphatic carbocycles. The van der Waals surface area contributed by atoms with Crippen LogP contribution < -0.4 is 10.9 Å². The van der Waals surface area contributed by atoms with E-state index < -0.39 is 0 Å². The summed E-state index contributed by atoms with van der Waals surface area (Å²) in [6.45, 7) is 4.04. The summed E-state index contributed by atoms with van der Waals surface area (Å²) in [5, 5.41) is 9.29. The van der Waals surface area contributed by atoms with E-state index >= 15 is 0 Å². The van der Waals surface area contributed by atoms with E-state index in [1.54, 1.807) is 21.8 Å². The van der Waals surface area contributed by atoms with Crippen LogP contribution in [0.4, 0.5) is 5.82 Å². The van der Waals surface area contributed by atoms with Crippen LogP contribution in [0.5, 0.6) is 0 Å². The van der Waals surface area contributed by atoms with Crippen LogP contribution in [0.1, 0.15) is 24.2 Å². The zero-order valence-corrected chi connectivity index (χ0v) is 20.1. The summed E-state index contributed by atoms with van der Waals surface area (Å²) < 4.78 is 3.53. The average molecular weight is 477 g/mol. The summed E-state index contributed by atoms with van der Waals surface area (Å²) in [4.78, 5) is 30.2. The molecule has 0 amide bonds. The van der Waals surface area contributed by atoms with Crippen LogP contribution in [-0.4, -0.2) is 34.3 Å². The molecule has 0 radical (unpaired) electrons. The molecule has 0 fully saturated rings. The molecule has 6 aromatic rings. The number of H-pyrrole nitrogens is 1. The summed E-state index contributed by atoms with van der Waals surface area (Å²) in [6, 6.07) is 15.7. The van der Waals surface area contributed by atoms with Crippen molar-refractivity contribution in [3.8, 4) is 16.8 Å². The molecule has 36 heavy (non-hydrogen) atoms. The first-order valence-corrected chi connectivity index (χ1v) is 11.6. The van der Waals surface area contributed by atoms with Gasteiger partial charge in [0.15, 0.2) is 11.5 Å². The zero-order chi connectivity index (χ0) is 24.8. The van der Waals surface area contributed by atoms with Crippen molar-refractivity contribution in [1.82, 2.24) is 34.3 Å². The Kier molecular flexibility index (Phi) is 5.10. The number of pyridine rings is 1. The maximum absolute atomic E-state index is 14.3. The van der Waals surface area contributed by atoms with E-state index in [9.17, 15) is 4.79 Å². The van der Waals surface area contributed by atoms with Crippen molar-refractivity contribution < 1.29 is 0 Å². The molecule has 4 heterocycles. The minimum Gasteiger partial charge on any atom is -0.360 e. The highest BCUT2D eigenvalue weighted by Gasteiger charge is 2.20. The van der Waals surface area contributed by atoms with E-state index in [-0.39, 0.29) is 11.6 Å². The van der Waals surface area contributed by atoms with E-state index in [2.05, 4.69) is 36.4 Å². The van der Waals surface area contributed by atoms with Gasteiger partial charge in [0, 0.05) is 30.2 Å². The van der Waals surface area contributed by atoms with Gasteiger partial charge < -0.3 is 10.3 Å². The van der Waals surface area contributed by atoms with Crippen molar-refractivity contribution in [2.75, 3.05) is 5.32 Å². The summed E-state index contributed by atoms with van der Waals surface area (Å²) in [6.07, 6.45) is 6.78. The van der Waals surface area contributed by atoms with Gasteiger partial charge in [-0.2, -0.15) is 5.10 Å². The van der Waals surface area contributed by atoms with E-state index in [0.29, 0.717) is 22.4 Å². The minimum absolute atomic E-state index is 0.0874. The highest BCUT2D eigenvalue weighted by molar-refractivity contribution is 5.96. The van der Waals surface area contributed by atoms with Crippen LogP contribution in [0.2, 0.25) is 0 Å². The van der Waals surface area contributed by atoms with Crippen molar-refractivity contribution in [1.29, 1.82) is 0 Å². The maximum Gasteiger partial charge on any atom is 0.263 e. The Balaban J connectivity index is 1.59. The average Bonchev–Trinajstić information content (AvgIpc) is 3.53. The third kappa shape index (κ3) is 3.61. The summed E-state index contributed by atoms with van der Waals surface area (Å²) in [5.41, 5.74) is 5.65. The van der Waals surface area contributed by atoms with Crippen molar-refractivity contribution in [3.63, 3.8) is 0 Å². The second kappa shape index (κ2) is 8.46. The van der Waals surface area contributed by atoms with Gasteiger partial charge in [-0.25, -0.2) is 15.0 Å². The van der Waals surface area contributed by atoms with Crippen molar-refractivity contribution in [2.45, 2.75) is 19.9 Å². The first kappa shape index (κ1) is 21.7. The van der Waals surface area contributed by atoms with Gasteiger partial charge >= 0.3 is 0 Å². The minimum atomic E-state index is -0.258. The number of hydrogen-bond acceptors (Lipinski definition) is 6. The second-order valence-corrected chi connectivity index (χ2v) is 8.91. The van der Waals surface area contributed by atoms with Crippen LogP contribution in [0.25, 0.3) is 38.8 Å². The van der Waals surface area contributed by atoms with Gasteiger partial charge in [0.25, 0.3) is 5.56 Å². The van der Waals surface area contributed by atoms with Crippen LogP contribution in [0, 0.1) is 6.92 Å². The first-order chi connectivity index (χ1) is 17.5. The van der Waals surface area contributed by atoms with Crippen molar-refractivity contribution >= 4 is 27.8 Å². The van der Waals surface area contributed by atoms with E-state index in [1.807, 2.05) is 69.6 Å². The lowest BCUT2D eigenvalue weighted by molar-refractivity contribution is 0.768. The van der Waals surface area contributed by atoms with Crippen LogP contribution in [-0.2, 0) is 7.05 Å². The molecule has 6 rings (SSSR count). The molecule has 0 spiro atoms. The van der Waals surface area contributed by atoms with Gasteiger partial charge in [-0.05, 0) is 48.6 Å². The topological polar surface area (TPSA) is 106 Å². The highest BCUT2D eigenvalue weighted by Crippen LogP contribution is 2.30. The molecule has 0 bridgehead atoms. The molecule has 0 saturated carbocycles. The van der Waals surface area contributed by atoms with Gasteiger partial charge in [0.05, 0.1) is 24.0 Å². The lowest BCUT2D eigenvalue weighted by atomic mass is 9.99. The number of anilines is 1. The Hall–Kier alpha value is -4.79. The van der Waals surface area contributed by atoms with E-state index in [4.69, 9.17) is 0 Å². The fraction of sp³-hybridized carbons (Fsp3) is 0.148. The largest absolute Gasteiger partial charge is 0.360 e. The summed E-state index contributed by atoms with van der Waals surface area (Å²) in [7, 11) is 1.87. The Labute approximate surface area is 206 Å². The molecule has 0 aliphatic heterocycles. The normalized spacial score (nSPS) is 12.3. The van der Waals surface area contributed by atoms with Crippen LogP contribution >= 0.6 is 0 Å². The van der Waals surface area contributed by atoms with Gasteiger partial charge in [-0.3, -0.25) is 14.0 Å². The molecule has 9 heteroatoms. The predicted molar refractivity (Wildman–Crippen MR) is 140 cm³/mol. The molecule has 2 N–H and O–H groups in total. The Morgan fingerprint density at radius 3 is 2.72 bits per heavy atom. The highest BCUT2D eigenvalue weighted by atomic mass is 16.1. The third-order valence-electron chi connectivity index (χ3n) is 6.37. The number of imidazole rings is 1. The Bertz CT molecular complexity index is 1800. The lowest BCUT2D eigenvalue weighted by Gasteiger charge is -2.22. The zero-order valence-electron chi connectivity index (χ0n) is 20.1. The van der Waals surface area contributed by atoms with Gasteiger partial charge in [-0.1, -0.05) is 30.3 Å². The van der Waals surface area contributed by atoms with E-state index in [1.165, 1.54) is 6.33 Å². The number of nitrogens with zero attached hydrogens (tertiary/aromatic N) is 6. The number of nitrogens with one attached hydrogen (secondary N) is 2. The quantitative estimate of drug-likeness (QED) is 0.378. The number of fused-ring (bicyclic) bond motifs is 2. The SMILES string of the molecule is Cc1cccc(-n2c([C@H](C)Nc3ncnc4nc[nH]c34)cc3cccc(-c4cnn(C)c4)c3c2=O)c1. The number of rotatable bonds is 5. The first-order valence-electron chi connectivity index (χ1n) is 11.6. The van der Waals surface area contributed by atoms with Crippen molar-refractivity contribution in [3.05, 3.63) is 95.2 Å². The fourth-order valence-corrected chi connectivity index (χ4v) is 4.69. The number of aromatic amines is 1.